The fraction of sp³-hybridized carbons (Fsp3) is 0.364. The zero-order valence-electron chi connectivity index (χ0n) is 9.28. The fourth-order valence-electron chi connectivity index (χ4n) is 1.85. The largest absolute Gasteiger partial charge is 0.349 e. The number of tetrazole rings is 1. The molecular formula is C11H13N5S. The van der Waals surface area contributed by atoms with Gasteiger partial charge in [-0.1, -0.05) is 23.3 Å². The molecule has 17 heavy (non-hydrogen) atoms. The van der Waals surface area contributed by atoms with E-state index < -0.39 is 0 Å². The van der Waals surface area contributed by atoms with Gasteiger partial charge in [0.25, 0.3) is 0 Å². The average molecular weight is 247 g/mol. The Morgan fingerprint density at radius 1 is 1.29 bits per heavy atom. The molecule has 1 N–H and O–H groups in total. The van der Waals surface area contributed by atoms with Crippen LogP contribution in [0.5, 0.6) is 0 Å². The summed E-state index contributed by atoms with van der Waals surface area (Å²) in [4.78, 5) is 0. The van der Waals surface area contributed by atoms with Crippen LogP contribution in [-0.4, -0.2) is 37.8 Å². The van der Waals surface area contributed by atoms with Crippen molar-refractivity contribution in [1.82, 2.24) is 20.2 Å². The zero-order valence-corrected chi connectivity index (χ0v) is 10.1. The van der Waals surface area contributed by atoms with Crippen LogP contribution in [-0.2, 0) is 0 Å². The summed E-state index contributed by atoms with van der Waals surface area (Å²) in [7, 11) is 0. The van der Waals surface area contributed by atoms with Gasteiger partial charge in [-0.3, -0.25) is 0 Å². The van der Waals surface area contributed by atoms with Crippen LogP contribution in [0.2, 0.25) is 0 Å². The van der Waals surface area contributed by atoms with Gasteiger partial charge in [-0.25, -0.2) is 0 Å². The van der Waals surface area contributed by atoms with Gasteiger partial charge in [-0.15, -0.1) is 0 Å². The van der Waals surface area contributed by atoms with Crippen LogP contribution < -0.4 is 5.32 Å². The fourth-order valence-corrected chi connectivity index (χ4v) is 3.00. The van der Waals surface area contributed by atoms with E-state index in [1.54, 1.807) is 4.68 Å². The predicted octanol–water partition coefficient (Wildman–Crippen LogP) is 1.58. The van der Waals surface area contributed by atoms with Gasteiger partial charge < -0.3 is 5.32 Å². The maximum absolute atomic E-state index is 4.04. The molecule has 0 aliphatic carbocycles. The highest BCUT2D eigenvalue weighted by atomic mass is 32.2. The lowest BCUT2D eigenvalue weighted by atomic mass is 10.3. The number of nitrogens with zero attached hydrogens (tertiary/aromatic N) is 4. The minimum absolute atomic E-state index is 0.480. The first-order valence-electron chi connectivity index (χ1n) is 5.61. The molecule has 0 amide bonds. The van der Waals surface area contributed by atoms with Gasteiger partial charge in [0, 0.05) is 11.8 Å². The Bertz CT molecular complexity index is 478. The van der Waals surface area contributed by atoms with Gasteiger partial charge >= 0.3 is 0 Å². The predicted molar refractivity (Wildman–Crippen MR) is 68.5 cm³/mol. The van der Waals surface area contributed by atoms with Crippen LogP contribution in [0.3, 0.4) is 0 Å². The molecule has 3 rings (SSSR count). The second-order valence-electron chi connectivity index (χ2n) is 3.95. The van der Waals surface area contributed by atoms with E-state index in [2.05, 4.69) is 20.8 Å². The molecule has 1 aromatic carbocycles. The monoisotopic (exact) mass is 247 g/mol. The number of nitrogens with one attached hydrogen (secondary N) is 1. The van der Waals surface area contributed by atoms with Crippen molar-refractivity contribution in [3.63, 3.8) is 0 Å². The Hall–Kier alpha value is -1.56. The van der Waals surface area contributed by atoms with Crippen molar-refractivity contribution in [2.75, 3.05) is 16.8 Å². The molecule has 88 valence electrons. The second-order valence-corrected chi connectivity index (χ2v) is 5.10. The van der Waals surface area contributed by atoms with Crippen LogP contribution in [0.1, 0.15) is 6.42 Å². The Balaban J connectivity index is 1.84. The van der Waals surface area contributed by atoms with Crippen LogP contribution in [0.25, 0.3) is 5.69 Å². The third kappa shape index (κ3) is 2.26. The van der Waals surface area contributed by atoms with Crippen molar-refractivity contribution in [1.29, 1.82) is 0 Å². The first-order chi connectivity index (χ1) is 8.43. The minimum atomic E-state index is 0.480. The lowest BCUT2D eigenvalue weighted by molar-refractivity contribution is 0.766. The van der Waals surface area contributed by atoms with Crippen molar-refractivity contribution in [2.45, 2.75) is 12.5 Å². The summed E-state index contributed by atoms with van der Waals surface area (Å²) in [5.74, 6) is 3.07. The third-order valence-corrected chi connectivity index (χ3v) is 3.90. The van der Waals surface area contributed by atoms with Crippen LogP contribution in [0.4, 0.5) is 5.95 Å². The van der Waals surface area contributed by atoms with Crippen molar-refractivity contribution >= 4 is 17.7 Å². The molecule has 0 bridgehead atoms. The van der Waals surface area contributed by atoms with E-state index in [0.717, 1.165) is 17.4 Å². The molecule has 0 spiro atoms. The molecular weight excluding hydrogens is 234 g/mol. The van der Waals surface area contributed by atoms with E-state index in [4.69, 9.17) is 0 Å². The number of aromatic nitrogens is 4. The topological polar surface area (TPSA) is 55.6 Å². The molecule has 0 saturated carbocycles. The van der Waals surface area contributed by atoms with E-state index in [1.807, 2.05) is 42.1 Å². The van der Waals surface area contributed by atoms with E-state index >= 15 is 0 Å². The first-order valence-corrected chi connectivity index (χ1v) is 6.77. The van der Waals surface area contributed by atoms with E-state index in [-0.39, 0.29) is 0 Å². The summed E-state index contributed by atoms with van der Waals surface area (Å²) in [5, 5.41) is 15.2. The van der Waals surface area contributed by atoms with E-state index in [1.165, 1.54) is 12.2 Å². The lowest BCUT2D eigenvalue weighted by Gasteiger charge is -2.11. The van der Waals surface area contributed by atoms with Crippen molar-refractivity contribution in [3.05, 3.63) is 30.3 Å². The smallest absolute Gasteiger partial charge is 0.247 e. The van der Waals surface area contributed by atoms with Gasteiger partial charge in [0.15, 0.2) is 0 Å². The van der Waals surface area contributed by atoms with Crippen molar-refractivity contribution in [3.8, 4) is 5.69 Å². The Labute approximate surface area is 104 Å². The van der Waals surface area contributed by atoms with Gasteiger partial charge in [-0.05, 0) is 34.7 Å². The number of para-hydroxylation sites is 1. The summed E-state index contributed by atoms with van der Waals surface area (Å²) < 4.78 is 1.74. The highest BCUT2D eigenvalue weighted by Gasteiger charge is 2.18. The average Bonchev–Trinajstić information content (AvgIpc) is 3.02. The molecule has 2 heterocycles. The Morgan fingerprint density at radius 2 is 2.18 bits per heavy atom. The number of thioether (sulfide) groups is 1. The SMILES string of the molecule is c1ccc(-n2nnnc2NC2CCSC2)cc1. The number of benzene rings is 1. The molecule has 2 aromatic rings. The molecule has 0 radical (unpaired) electrons. The number of hydrogen-bond donors (Lipinski definition) is 1. The molecule has 1 fully saturated rings. The number of anilines is 1. The van der Waals surface area contributed by atoms with E-state index in [9.17, 15) is 0 Å². The Kier molecular flexibility index (Phi) is 2.96. The van der Waals surface area contributed by atoms with Gasteiger partial charge in [-0.2, -0.15) is 16.4 Å². The third-order valence-electron chi connectivity index (χ3n) is 2.73. The van der Waals surface area contributed by atoms with E-state index in [0.29, 0.717) is 6.04 Å². The normalized spacial score (nSPS) is 19.4. The minimum Gasteiger partial charge on any atom is -0.349 e. The van der Waals surface area contributed by atoms with Crippen molar-refractivity contribution in [2.24, 2.45) is 0 Å². The lowest BCUT2D eigenvalue weighted by Crippen LogP contribution is -2.21. The van der Waals surface area contributed by atoms with Crippen LogP contribution in [0, 0.1) is 0 Å². The Morgan fingerprint density at radius 3 is 2.94 bits per heavy atom. The maximum atomic E-state index is 4.04. The molecule has 6 heteroatoms. The summed E-state index contributed by atoms with van der Waals surface area (Å²) in [5.41, 5.74) is 0.977. The summed E-state index contributed by atoms with van der Waals surface area (Å²) in [6.45, 7) is 0. The molecule has 1 aromatic heterocycles. The summed E-state index contributed by atoms with van der Waals surface area (Å²) in [6, 6.07) is 10.4. The molecule has 1 aliphatic heterocycles. The molecule has 1 atom stereocenters. The zero-order chi connectivity index (χ0) is 11.5. The standard InChI is InChI=1S/C11H13N5S/c1-2-4-10(5-3-1)16-11(13-14-15-16)12-9-6-7-17-8-9/h1-5,9H,6-8H2,(H,12,13,15). The quantitative estimate of drug-likeness (QED) is 0.892. The summed E-state index contributed by atoms with van der Waals surface area (Å²) in [6.07, 6.45) is 1.17. The number of hydrogen-bond acceptors (Lipinski definition) is 5. The van der Waals surface area contributed by atoms with Gasteiger partial charge in [0.1, 0.15) is 0 Å². The molecule has 1 unspecified atom stereocenters. The van der Waals surface area contributed by atoms with Gasteiger partial charge in [0.05, 0.1) is 5.69 Å². The van der Waals surface area contributed by atoms with Crippen LogP contribution in [0.15, 0.2) is 30.3 Å². The highest BCUT2D eigenvalue weighted by molar-refractivity contribution is 7.99. The number of rotatable bonds is 3. The first kappa shape index (κ1) is 10.6. The van der Waals surface area contributed by atoms with Crippen LogP contribution >= 0.6 is 11.8 Å². The maximum Gasteiger partial charge on any atom is 0.247 e. The second kappa shape index (κ2) is 4.75. The highest BCUT2D eigenvalue weighted by Crippen LogP contribution is 2.21. The summed E-state index contributed by atoms with van der Waals surface area (Å²) >= 11 is 1.97. The van der Waals surface area contributed by atoms with Crippen molar-refractivity contribution < 1.29 is 0 Å². The molecule has 5 nitrogen and oxygen atoms in total. The molecule has 1 saturated heterocycles. The molecule has 1 aliphatic rings. The van der Waals surface area contributed by atoms with Gasteiger partial charge in [0.2, 0.25) is 5.95 Å².